The van der Waals surface area contributed by atoms with E-state index in [-0.39, 0.29) is 31.1 Å². The summed E-state index contributed by atoms with van der Waals surface area (Å²) in [6, 6.07) is 0. The van der Waals surface area contributed by atoms with Crippen LogP contribution in [0.3, 0.4) is 0 Å². The van der Waals surface area contributed by atoms with Crippen molar-refractivity contribution in [3.63, 3.8) is 0 Å². The van der Waals surface area contributed by atoms with Gasteiger partial charge < -0.3 is 14.2 Å². The highest BCUT2D eigenvalue weighted by atomic mass is 16.6. The Bertz CT molecular complexity index is 1070. The number of allylic oxidation sites excluding steroid dienone is 4. The van der Waals surface area contributed by atoms with E-state index in [1.807, 2.05) is 0 Å². The standard InChI is InChI=1S/C60H112O6/c1-4-7-10-13-16-19-21-23-25-26-27-28-29-30-31-32-33-35-36-38-41-44-47-50-53-59(62)65-56-57(55-64-58(61)52-49-46-43-40-18-15-12-9-6-3)66-60(63)54-51-48-45-42-39-37-34-24-22-20-17-14-11-8-5-2/h17,20,24,34,57H,4-16,18-19,21-23,25-33,35-56H2,1-3H3/b20-17-,34-24-. The van der Waals surface area contributed by atoms with Gasteiger partial charge in [-0.3, -0.25) is 14.4 Å². The van der Waals surface area contributed by atoms with E-state index in [1.54, 1.807) is 0 Å². The normalized spacial score (nSPS) is 12.1. The summed E-state index contributed by atoms with van der Waals surface area (Å²) in [5, 5.41) is 0. The van der Waals surface area contributed by atoms with E-state index in [4.69, 9.17) is 14.2 Å². The number of hydrogen-bond acceptors (Lipinski definition) is 6. The van der Waals surface area contributed by atoms with Crippen LogP contribution in [0.15, 0.2) is 24.3 Å². The zero-order valence-electron chi connectivity index (χ0n) is 44.5. The van der Waals surface area contributed by atoms with Crippen molar-refractivity contribution in [3.05, 3.63) is 24.3 Å². The fourth-order valence-corrected chi connectivity index (χ4v) is 8.77. The molecule has 0 aromatic heterocycles. The van der Waals surface area contributed by atoms with Crippen LogP contribution in [0.25, 0.3) is 0 Å². The highest BCUT2D eigenvalue weighted by Crippen LogP contribution is 2.17. The van der Waals surface area contributed by atoms with Gasteiger partial charge in [0.25, 0.3) is 0 Å². The molecule has 0 aliphatic heterocycles. The van der Waals surface area contributed by atoms with E-state index in [0.29, 0.717) is 19.3 Å². The second-order valence-corrected chi connectivity index (χ2v) is 19.9. The predicted molar refractivity (Wildman–Crippen MR) is 284 cm³/mol. The van der Waals surface area contributed by atoms with Gasteiger partial charge in [0.1, 0.15) is 13.2 Å². The number of carbonyl (C=O) groups excluding carboxylic acids is 3. The van der Waals surface area contributed by atoms with Crippen LogP contribution in [0.4, 0.5) is 0 Å². The van der Waals surface area contributed by atoms with Gasteiger partial charge in [0, 0.05) is 19.3 Å². The molecule has 0 saturated carbocycles. The number of carbonyl (C=O) groups is 3. The van der Waals surface area contributed by atoms with Gasteiger partial charge in [0.2, 0.25) is 0 Å². The van der Waals surface area contributed by atoms with Crippen molar-refractivity contribution in [1.29, 1.82) is 0 Å². The molecule has 1 atom stereocenters. The van der Waals surface area contributed by atoms with Gasteiger partial charge in [0.15, 0.2) is 6.10 Å². The smallest absolute Gasteiger partial charge is 0.306 e. The van der Waals surface area contributed by atoms with Crippen molar-refractivity contribution in [2.75, 3.05) is 13.2 Å². The third kappa shape index (κ3) is 52.9. The Labute approximate surface area is 411 Å². The molecule has 0 radical (unpaired) electrons. The Balaban J connectivity index is 4.16. The maximum absolute atomic E-state index is 12.8. The predicted octanol–water partition coefficient (Wildman–Crippen LogP) is 19.5. The summed E-state index contributed by atoms with van der Waals surface area (Å²) >= 11 is 0. The molecule has 66 heavy (non-hydrogen) atoms. The lowest BCUT2D eigenvalue weighted by Crippen LogP contribution is -2.30. The van der Waals surface area contributed by atoms with Crippen molar-refractivity contribution in [1.82, 2.24) is 0 Å². The molecule has 6 heteroatoms. The van der Waals surface area contributed by atoms with E-state index in [2.05, 4.69) is 45.1 Å². The van der Waals surface area contributed by atoms with Crippen molar-refractivity contribution in [3.8, 4) is 0 Å². The van der Waals surface area contributed by atoms with Crippen LogP contribution in [0.1, 0.15) is 323 Å². The summed E-state index contributed by atoms with van der Waals surface area (Å²) in [7, 11) is 0. The Kier molecular flexibility index (Phi) is 53.7. The lowest BCUT2D eigenvalue weighted by Gasteiger charge is -2.18. The minimum Gasteiger partial charge on any atom is -0.462 e. The molecule has 0 heterocycles. The van der Waals surface area contributed by atoms with E-state index < -0.39 is 6.10 Å². The maximum atomic E-state index is 12.8. The average Bonchev–Trinajstić information content (AvgIpc) is 3.31. The first-order valence-electron chi connectivity index (χ1n) is 29.3. The summed E-state index contributed by atoms with van der Waals surface area (Å²) in [6.07, 6.45) is 64.7. The third-order valence-electron chi connectivity index (χ3n) is 13.2. The third-order valence-corrected chi connectivity index (χ3v) is 13.2. The van der Waals surface area contributed by atoms with Crippen molar-refractivity contribution in [2.45, 2.75) is 329 Å². The second kappa shape index (κ2) is 55.5. The molecule has 0 aromatic rings. The molecular weight excluding hydrogens is 817 g/mol. The van der Waals surface area contributed by atoms with Gasteiger partial charge in [-0.15, -0.1) is 0 Å². The van der Waals surface area contributed by atoms with Gasteiger partial charge in [-0.05, 0) is 51.4 Å². The molecule has 0 fully saturated rings. The maximum Gasteiger partial charge on any atom is 0.306 e. The van der Waals surface area contributed by atoms with Crippen molar-refractivity contribution >= 4 is 17.9 Å². The van der Waals surface area contributed by atoms with Crippen LogP contribution in [0, 0.1) is 0 Å². The monoisotopic (exact) mass is 929 g/mol. The number of unbranched alkanes of at least 4 members (excludes halogenated alkanes) is 39. The second-order valence-electron chi connectivity index (χ2n) is 19.9. The Morgan fingerprint density at radius 1 is 0.303 bits per heavy atom. The van der Waals surface area contributed by atoms with Gasteiger partial charge >= 0.3 is 17.9 Å². The highest BCUT2D eigenvalue weighted by Gasteiger charge is 2.19. The quantitative estimate of drug-likeness (QED) is 0.0262. The summed E-state index contributed by atoms with van der Waals surface area (Å²) in [6.45, 7) is 6.63. The van der Waals surface area contributed by atoms with Crippen LogP contribution in [0.2, 0.25) is 0 Å². The molecule has 388 valence electrons. The number of rotatable bonds is 54. The van der Waals surface area contributed by atoms with Gasteiger partial charge in [-0.25, -0.2) is 0 Å². The fraction of sp³-hybridized carbons (Fsp3) is 0.883. The first-order valence-corrected chi connectivity index (χ1v) is 29.3. The molecule has 0 aliphatic carbocycles. The molecule has 1 unspecified atom stereocenters. The minimum atomic E-state index is -0.772. The first kappa shape index (κ1) is 63.9. The molecule has 0 bridgehead atoms. The zero-order valence-corrected chi connectivity index (χ0v) is 44.5. The van der Waals surface area contributed by atoms with Crippen molar-refractivity contribution < 1.29 is 28.6 Å². The molecule has 0 spiro atoms. The van der Waals surface area contributed by atoms with Crippen molar-refractivity contribution in [2.24, 2.45) is 0 Å². The van der Waals surface area contributed by atoms with Crippen LogP contribution in [0.5, 0.6) is 0 Å². The summed E-state index contributed by atoms with van der Waals surface area (Å²) in [5.41, 5.74) is 0. The lowest BCUT2D eigenvalue weighted by molar-refractivity contribution is -0.167. The Morgan fingerprint density at radius 3 is 0.864 bits per heavy atom. The summed E-state index contributed by atoms with van der Waals surface area (Å²) in [4.78, 5) is 38.0. The molecule has 0 N–H and O–H groups in total. The summed E-state index contributed by atoms with van der Waals surface area (Å²) in [5.74, 6) is -0.870. The minimum absolute atomic E-state index is 0.0720. The van der Waals surface area contributed by atoms with E-state index >= 15 is 0 Å². The SMILES string of the molecule is CCCCC/C=C\C/C=C\CCCCCCCC(=O)OC(COC(=O)CCCCCCCCCCC)COC(=O)CCCCCCCCCCCCCCCCCCCCCCCCCC. The topological polar surface area (TPSA) is 78.9 Å². The number of hydrogen-bond donors (Lipinski definition) is 0. The summed E-state index contributed by atoms with van der Waals surface area (Å²) < 4.78 is 16.8. The molecule has 0 rings (SSSR count). The largest absolute Gasteiger partial charge is 0.462 e. The van der Waals surface area contributed by atoms with Gasteiger partial charge in [-0.1, -0.05) is 276 Å². The van der Waals surface area contributed by atoms with Gasteiger partial charge in [0.05, 0.1) is 0 Å². The Morgan fingerprint density at radius 2 is 0.545 bits per heavy atom. The van der Waals surface area contributed by atoms with E-state index in [9.17, 15) is 14.4 Å². The van der Waals surface area contributed by atoms with Gasteiger partial charge in [-0.2, -0.15) is 0 Å². The fourth-order valence-electron chi connectivity index (χ4n) is 8.77. The van der Waals surface area contributed by atoms with E-state index in [1.165, 1.54) is 205 Å². The van der Waals surface area contributed by atoms with Crippen LogP contribution >= 0.6 is 0 Å². The Hall–Kier alpha value is -2.11. The van der Waals surface area contributed by atoms with Crippen LogP contribution in [-0.2, 0) is 28.6 Å². The molecular formula is C60H112O6. The zero-order chi connectivity index (χ0) is 47.9. The average molecular weight is 930 g/mol. The van der Waals surface area contributed by atoms with Crippen LogP contribution < -0.4 is 0 Å². The molecule has 0 saturated heterocycles. The molecule has 0 aromatic carbocycles. The van der Waals surface area contributed by atoms with E-state index in [0.717, 1.165) is 77.0 Å². The molecule has 0 aliphatic rings. The van der Waals surface area contributed by atoms with Crippen LogP contribution in [-0.4, -0.2) is 37.2 Å². The molecule has 6 nitrogen and oxygen atoms in total. The number of esters is 3. The molecule has 0 amide bonds. The first-order chi connectivity index (χ1) is 32.5. The number of ether oxygens (including phenoxy) is 3. The lowest BCUT2D eigenvalue weighted by atomic mass is 10.0. The highest BCUT2D eigenvalue weighted by molar-refractivity contribution is 5.71.